The smallest absolute Gasteiger partial charge is 0.329 e. The van der Waals surface area contributed by atoms with Gasteiger partial charge in [-0.2, -0.15) is 13.2 Å². The molecule has 0 saturated carbocycles. The van der Waals surface area contributed by atoms with Gasteiger partial charge in [-0.3, -0.25) is 9.59 Å². The second-order valence-corrected chi connectivity index (χ2v) is 5.06. The predicted molar refractivity (Wildman–Crippen MR) is 67.4 cm³/mol. The van der Waals surface area contributed by atoms with Crippen LogP contribution in [0.5, 0.6) is 0 Å². The molecule has 1 N–H and O–H groups in total. The van der Waals surface area contributed by atoms with Gasteiger partial charge < -0.3 is 9.88 Å². The van der Waals surface area contributed by atoms with Crippen molar-refractivity contribution < 1.29 is 18.0 Å². The quantitative estimate of drug-likeness (QED) is 0.881. The number of nitrogens with zero attached hydrogens (tertiary/aromatic N) is 1. The number of H-pyrrole nitrogens is 1. The molecule has 0 spiro atoms. The maximum absolute atomic E-state index is 12.5. The maximum atomic E-state index is 12.5. The molecular weight excluding hydrogens is 352 g/mol. The van der Waals surface area contributed by atoms with Crippen molar-refractivity contribution in [1.82, 2.24) is 9.88 Å². The van der Waals surface area contributed by atoms with Gasteiger partial charge in [-0.25, -0.2) is 0 Å². The van der Waals surface area contributed by atoms with Crippen LogP contribution in [-0.2, 0) is 0 Å². The molecule has 1 aromatic heterocycles. The van der Waals surface area contributed by atoms with Gasteiger partial charge in [0.25, 0.3) is 11.5 Å². The summed E-state index contributed by atoms with van der Waals surface area (Å²) in [6.07, 6.45) is -4.56. The van der Waals surface area contributed by atoms with Gasteiger partial charge in [0.1, 0.15) is 11.7 Å². The summed E-state index contributed by atoms with van der Waals surface area (Å²) in [4.78, 5) is 25.8. The first kappa shape index (κ1) is 16.0. The van der Waals surface area contributed by atoms with Crippen molar-refractivity contribution in [2.24, 2.45) is 0 Å². The summed E-state index contributed by atoms with van der Waals surface area (Å²) in [6.45, 7) is 0.836. The van der Waals surface area contributed by atoms with E-state index in [4.69, 9.17) is 11.6 Å². The van der Waals surface area contributed by atoms with Gasteiger partial charge in [0, 0.05) is 7.05 Å². The number of amides is 1. The van der Waals surface area contributed by atoms with E-state index in [0.29, 0.717) is 4.90 Å². The highest BCUT2D eigenvalue weighted by molar-refractivity contribution is 9.10. The maximum Gasteiger partial charge on any atom is 0.408 e. The number of rotatable bonds is 2. The number of aromatic amines is 1. The Balaban J connectivity index is 3.15. The van der Waals surface area contributed by atoms with Gasteiger partial charge in [0.05, 0.1) is 9.50 Å². The summed E-state index contributed by atoms with van der Waals surface area (Å²) in [6, 6.07) is -0.845. The number of pyridine rings is 1. The highest BCUT2D eigenvalue weighted by atomic mass is 79.9. The Bertz CT molecular complexity index is 559. The van der Waals surface area contributed by atoms with Crippen molar-refractivity contribution in [1.29, 1.82) is 0 Å². The molecule has 19 heavy (non-hydrogen) atoms. The lowest BCUT2D eigenvalue weighted by atomic mass is 10.2. The number of alkyl halides is 3. The molecule has 0 aromatic carbocycles. The monoisotopic (exact) mass is 360 g/mol. The molecule has 0 fully saturated rings. The highest BCUT2D eigenvalue weighted by Gasteiger charge is 2.41. The Hall–Kier alpha value is -1.02. The second-order valence-electron chi connectivity index (χ2n) is 3.80. The number of hydrogen-bond acceptors (Lipinski definition) is 2. The minimum Gasteiger partial charge on any atom is -0.329 e. The molecule has 0 radical (unpaired) electrons. The minimum atomic E-state index is -4.56. The van der Waals surface area contributed by atoms with E-state index in [0.717, 1.165) is 20.0 Å². The van der Waals surface area contributed by atoms with E-state index >= 15 is 0 Å². The SMILES string of the molecule is CC(N(C)C(=O)c1[nH]c(=O)c(Br)cc1Cl)C(F)(F)F. The predicted octanol–water partition coefficient (Wildman–Crippen LogP) is 2.81. The first-order chi connectivity index (χ1) is 8.55. The lowest BCUT2D eigenvalue weighted by Crippen LogP contribution is -2.45. The standard InChI is InChI=1S/C10H9BrClF3N2O2/c1-4(10(13,14)15)17(2)9(19)7-6(12)3-5(11)8(18)16-7/h3-4H,1-2H3,(H,16,18). The number of hydrogen-bond donors (Lipinski definition) is 1. The van der Waals surface area contributed by atoms with Gasteiger partial charge in [0.15, 0.2) is 0 Å². The molecule has 9 heteroatoms. The van der Waals surface area contributed by atoms with Crippen LogP contribution in [0.3, 0.4) is 0 Å². The molecule has 0 aliphatic carbocycles. The summed E-state index contributed by atoms with van der Waals surface area (Å²) < 4.78 is 37.6. The molecule has 4 nitrogen and oxygen atoms in total. The zero-order valence-electron chi connectivity index (χ0n) is 9.81. The van der Waals surface area contributed by atoms with Gasteiger partial charge >= 0.3 is 6.18 Å². The lowest BCUT2D eigenvalue weighted by Gasteiger charge is -2.26. The zero-order valence-corrected chi connectivity index (χ0v) is 12.2. The van der Waals surface area contributed by atoms with Crippen molar-refractivity contribution in [3.63, 3.8) is 0 Å². The van der Waals surface area contributed by atoms with Crippen molar-refractivity contribution in [3.05, 3.63) is 31.6 Å². The molecule has 1 rings (SSSR count). The molecular formula is C10H9BrClF3N2O2. The van der Waals surface area contributed by atoms with Crippen LogP contribution in [0.15, 0.2) is 15.3 Å². The summed E-state index contributed by atoms with van der Waals surface area (Å²) >= 11 is 8.62. The first-order valence-corrected chi connectivity index (χ1v) is 6.15. The molecule has 1 atom stereocenters. The molecule has 0 aliphatic heterocycles. The molecule has 1 aromatic rings. The Morgan fingerprint density at radius 2 is 2.05 bits per heavy atom. The van der Waals surface area contributed by atoms with E-state index in [1.165, 1.54) is 0 Å². The van der Waals surface area contributed by atoms with Crippen LogP contribution in [0.2, 0.25) is 5.02 Å². The molecule has 1 unspecified atom stereocenters. The molecule has 0 saturated heterocycles. The third-order valence-electron chi connectivity index (χ3n) is 2.54. The number of carbonyl (C=O) groups is 1. The second kappa shape index (κ2) is 5.54. The van der Waals surface area contributed by atoms with Gasteiger partial charge in [-0.15, -0.1) is 0 Å². The molecule has 0 aliphatic rings. The topological polar surface area (TPSA) is 53.2 Å². The normalized spacial score (nSPS) is 13.2. The summed E-state index contributed by atoms with van der Waals surface area (Å²) in [7, 11) is 0.983. The number of carbonyl (C=O) groups excluding carboxylic acids is 1. The van der Waals surface area contributed by atoms with Gasteiger partial charge in [0.2, 0.25) is 0 Å². The Morgan fingerprint density at radius 3 is 2.53 bits per heavy atom. The number of aromatic nitrogens is 1. The van der Waals surface area contributed by atoms with E-state index in [1.54, 1.807) is 0 Å². The zero-order chi connectivity index (χ0) is 15.0. The Kier molecular flexibility index (Phi) is 4.67. The van der Waals surface area contributed by atoms with Crippen LogP contribution < -0.4 is 5.56 Å². The van der Waals surface area contributed by atoms with E-state index in [9.17, 15) is 22.8 Å². The molecule has 1 heterocycles. The fourth-order valence-electron chi connectivity index (χ4n) is 1.21. The van der Waals surface area contributed by atoms with E-state index in [2.05, 4.69) is 20.9 Å². The lowest BCUT2D eigenvalue weighted by molar-refractivity contribution is -0.169. The van der Waals surface area contributed by atoms with Crippen molar-refractivity contribution in [3.8, 4) is 0 Å². The number of nitrogens with one attached hydrogen (secondary N) is 1. The average molecular weight is 362 g/mol. The average Bonchev–Trinajstić information content (AvgIpc) is 2.29. The highest BCUT2D eigenvalue weighted by Crippen LogP contribution is 2.25. The fourth-order valence-corrected chi connectivity index (χ4v) is 1.91. The minimum absolute atomic E-state index is 0.0839. The van der Waals surface area contributed by atoms with Crippen LogP contribution in [0.1, 0.15) is 17.4 Å². The molecule has 0 bridgehead atoms. The van der Waals surface area contributed by atoms with Crippen LogP contribution in [0.4, 0.5) is 13.2 Å². The number of halogens is 5. The summed E-state index contributed by atoms with van der Waals surface area (Å²) in [5, 5.41) is -0.141. The third kappa shape index (κ3) is 3.50. The summed E-state index contributed by atoms with van der Waals surface area (Å²) in [5.41, 5.74) is -1.03. The van der Waals surface area contributed by atoms with E-state index in [1.807, 2.05) is 0 Å². The largest absolute Gasteiger partial charge is 0.408 e. The molecule has 106 valence electrons. The van der Waals surface area contributed by atoms with Gasteiger partial charge in [-0.05, 0) is 28.9 Å². The van der Waals surface area contributed by atoms with Crippen molar-refractivity contribution in [2.45, 2.75) is 19.1 Å². The van der Waals surface area contributed by atoms with E-state index < -0.39 is 23.7 Å². The van der Waals surface area contributed by atoms with Crippen molar-refractivity contribution >= 4 is 33.4 Å². The van der Waals surface area contributed by atoms with Crippen molar-refractivity contribution in [2.75, 3.05) is 7.05 Å². The fraction of sp³-hybridized carbons (Fsp3) is 0.400. The van der Waals surface area contributed by atoms with Crippen LogP contribution in [0, 0.1) is 0 Å². The Morgan fingerprint density at radius 1 is 1.53 bits per heavy atom. The van der Waals surface area contributed by atoms with Gasteiger partial charge in [-0.1, -0.05) is 11.6 Å². The van der Waals surface area contributed by atoms with Crippen LogP contribution in [-0.4, -0.2) is 35.1 Å². The van der Waals surface area contributed by atoms with Crippen LogP contribution >= 0.6 is 27.5 Å². The first-order valence-electron chi connectivity index (χ1n) is 4.98. The Labute approximate surface area is 119 Å². The van der Waals surface area contributed by atoms with Crippen LogP contribution in [0.25, 0.3) is 0 Å². The molecule has 1 amide bonds. The third-order valence-corrected chi connectivity index (χ3v) is 3.42. The van der Waals surface area contributed by atoms with E-state index in [-0.39, 0.29) is 15.2 Å². The summed E-state index contributed by atoms with van der Waals surface area (Å²) in [5.74, 6) is -1.01.